The molecule has 3 aromatic rings. The number of benzene rings is 1. The Morgan fingerprint density at radius 1 is 1.31 bits per heavy atom. The maximum atomic E-state index is 13.8. The van der Waals surface area contributed by atoms with Gasteiger partial charge in [0, 0.05) is 31.0 Å². The van der Waals surface area contributed by atoms with Crippen molar-refractivity contribution in [3.8, 4) is 11.3 Å². The van der Waals surface area contributed by atoms with Gasteiger partial charge in [0.05, 0.1) is 17.0 Å². The third kappa shape index (κ3) is 3.43. The molecular weight excluding hydrogens is 335 g/mol. The molecule has 1 aliphatic rings. The molecular formula is C19H19FN4O2. The predicted molar refractivity (Wildman–Crippen MR) is 93.9 cm³/mol. The van der Waals surface area contributed by atoms with Crippen LogP contribution in [0.15, 0.2) is 41.1 Å². The van der Waals surface area contributed by atoms with E-state index in [2.05, 4.69) is 20.4 Å². The quantitative estimate of drug-likeness (QED) is 0.745. The SMILES string of the molecule is Cc1cc(-c2cnc(NCc3ccccc3F)nc2[C@H]2CCCO2)on1. The van der Waals surface area contributed by atoms with Crippen molar-refractivity contribution >= 4 is 5.95 Å². The van der Waals surface area contributed by atoms with E-state index in [-0.39, 0.29) is 11.9 Å². The first-order valence-corrected chi connectivity index (χ1v) is 8.60. The summed E-state index contributed by atoms with van der Waals surface area (Å²) in [6, 6.07) is 8.48. The molecule has 26 heavy (non-hydrogen) atoms. The number of aryl methyl sites for hydroxylation is 1. The molecule has 1 aromatic carbocycles. The average molecular weight is 354 g/mol. The summed E-state index contributed by atoms with van der Waals surface area (Å²) in [6.45, 7) is 2.88. The Balaban J connectivity index is 1.62. The van der Waals surface area contributed by atoms with Crippen molar-refractivity contribution in [2.45, 2.75) is 32.4 Å². The summed E-state index contributed by atoms with van der Waals surface area (Å²) in [5.41, 5.74) is 2.89. The molecule has 0 spiro atoms. The molecule has 0 unspecified atom stereocenters. The van der Waals surface area contributed by atoms with Gasteiger partial charge in [0.2, 0.25) is 5.95 Å². The fourth-order valence-electron chi connectivity index (χ4n) is 3.02. The Hall–Kier alpha value is -2.80. The van der Waals surface area contributed by atoms with Gasteiger partial charge in [-0.05, 0) is 25.8 Å². The van der Waals surface area contributed by atoms with E-state index in [4.69, 9.17) is 9.26 Å². The van der Waals surface area contributed by atoms with Crippen molar-refractivity contribution in [1.29, 1.82) is 0 Å². The monoisotopic (exact) mass is 354 g/mol. The summed E-state index contributed by atoms with van der Waals surface area (Å²) in [7, 11) is 0. The number of nitrogens with zero attached hydrogens (tertiary/aromatic N) is 3. The van der Waals surface area contributed by atoms with Crippen LogP contribution in [0.25, 0.3) is 11.3 Å². The van der Waals surface area contributed by atoms with E-state index in [1.54, 1.807) is 24.4 Å². The summed E-state index contributed by atoms with van der Waals surface area (Å²) >= 11 is 0. The molecule has 6 nitrogen and oxygen atoms in total. The first-order valence-electron chi connectivity index (χ1n) is 8.60. The van der Waals surface area contributed by atoms with Crippen LogP contribution >= 0.6 is 0 Å². The molecule has 0 aliphatic carbocycles. The molecule has 1 aliphatic heterocycles. The highest BCUT2D eigenvalue weighted by Crippen LogP contribution is 2.34. The van der Waals surface area contributed by atoms with E-state index in [0.29, 0.717) is 30.4 Å². The van der Waals surface area contributed by atoms with Gasteiger partial charge >= 0.3 is 0 Å². The number of halogens is 1. The number of ether oxygens (including phenoxy) is 1. The smallest absolute Gasteiger partial charge is 0.223 e. The van der Waals surface area contributed by atoms with Crippen molar-refractivity contribution in [1.82, 2.24) is 15.1 Å². The average Bonchev–Trinajstić information content (AvgIpc) is 3.33. The maximum Gasteiger partial charge on any atom is 0.223 e. The van der Waals surface area contributed by atoms with Crippen LogP contribution in [0.3, 0.4) is 0 Å². The number of nitrogens with one attached hydrogen (secondary N) is 1. The van der Waals surface area contributed by atoms with Crippen molar-refractivity contribution < 1.29 is 13.7 Å². The summed E-state index contributed by atoms with van der Waals surface area (Å²) in [5.74, 6) is 0.792. The van der Waals surface area contributed by atoms with Gasteiger partial charge in [-0.25, -0.2) is 14.4 Å². The second-order valence-corrected chi connectivity index (χ2v) is 6.27. The lowest BCUT2D eigenvalue weighted by molar-refractivity contribution is 0.109. The number of hydrogen-bond donors (Lipinski definition) is 1. The Labute approximate surface area is 150 Å². The summed E-state index contributed by atoms with van der Waals surface area (Å²) in [4.78, 5) is 8.98. The molecule has 0 bridgehead atoms. The van der Waals surface area contributed by atoms with Gasteiger partial charge < -0.3 is 14.6 Å². The molecule has 1 atom stereocenters. The molecule has 4 rings (SSSR count). The molecule has 2 aromatic heterocycles. The zero-order valence-corrected chi connectivity index (χ0v) is 14.4. The Morgan fingerprint density at radius 2 is 2.19 bits per heavy atom. The Morgan fingerprint density at radius 3 is 2.92 bits per heavy atom. The van der Waals surface area contributed by atoms with Crippen molar-refractivity contribution in [2.75, 3.05) is 11.9 Å². The van der Waals surface area contributed by atoms with E-state index in [1.165, 1.54) is 6.07 Å². The molecule has 7 heteroatoms. The maximum absolute atomic E-state index is 13.8. The molecule has 134 valence electrons. The van der Waals surface area contributed by atoms with E-state index < -0.39 is 0 Å². The van der Waals surface area contributed by atoms with E-state index >= 15 is 0 Å². The summed E-state index contributed by atoms with van der Waals surface area (Å²) in [5, 5.41) is 7.03. The lowest BCUT2D eigenvalue weighted by Crippen LogP contribution is -2.09. The lowest BCUT2D eigenvalue weighted by Gasteiger charge is -2.14. The van der Waals surface area contributed by atoms with Crippen LogP contribution in [0.1, 0.15) is 35.9 Å². The largest absolute Gasteiger partial charge is 0.372 e. The van der Waals surface area contributed by atoms with Crippen LogP contribution in [-0.4, -0.2) is 21.7 Å². The van der Waals surface area contributed by atoms with Crippen LogP contribution in [0.4, 0.5) is 10.3 Å². The van der Waals surface area contributed by atoms with Crippen LogP contribution in [-0.2, 0) is 11.3 Å². The first kappa shape index (κ1) is 16.7. The first-order chi connectivity index (χ1) is 12.7. The lowest BCUT2D eigenvalue weighted by atomic mass is 10.1. The predicted octanol–water partition coefficient (Wildman–Crippen LogP) is 4.04. The topological polar surface area (TPSA) is 73.1 Å². The van der Waals surface area contributed by atoms with Crippen LogP contribution in [0, 0.1) is 12.7 Å². The second kappa shape index (κ2) is 7.21. The fourth-order valence-corrected chi connectivity index (χ4v) is 3.02. The van der Waals surface area contributed by atoms with Gasteiger partial charge in [0.25, 0.3) is 0 Å². The van der Waals surface area contributed by atoms with Gasteiger partial charge in [-0.3, -0.25) is 0 Å². The molecule has 3 heterocycles. The molecule has 1 saturated heterocycles. The minimum Gasteiger partial charge on any atom is -0.372 e. The normalized spacial score (nSPS) is 16.8. The van der Waals surface area contributed by atoms with E-state index in [9.17, 15) is 4.39 Å². The third-order valence-corrected chi connectivity index (χ3v) is 4.34. The number of aromatic nitrogens is 3. The van der Waals surface area contributed by atoms with Crippen LogP contribution in [0.2, 0.25) is 0 Å². The molecule has 0 saturated carbocycles. The third-order valence-electron chi connectivity index (χ3n) is 4.34. The summed E-state index contributed by atoms with van der Waals surface area (Å²) < 4.78 is 25.0. The van der Waals surface area contributed by atoms with E-state index in [0.717, 1.165) is 29.8 Å². The molecule has 1 N–H and O–H groups in total. The summed E-state index contributed by atoms with van der Waals surface area (Å²) in [6.07, 6.45) is 3.48. The van der Waals surface area contributed by atoms with Gasteiger partial charge in [-0.2, -0.15) is 0 Å². The highest BCUT2D eigenvalue weighted by atomic mass is 19.1. The van der Waals surface area contributed by atoms with Gasteiger partial charge in [-0.1, -0.05) is 23.4 Å². The zero-order valence-electron chi connectivity index (χ0n) is 14.4. The minimum atomic E-state index is -0.256. The second-order valence-electron chi connectivity index (χ2n) is 6.27. The van der Waals surface area contributed by atoms with Crippen molar-refractivity contribution in [3.05, 3.63) is 59.3 Å². The number of rotatable bonds is 5. The molecule has 0 amide bonds. The van der Waals surface area contributed by atoms with Crippen molar-refractivity contribution in [2.24, 2.45) is 0 Å². The zero-order chi connectivity index (χ0) is 17.9. The van der Waals surface area contributed by atoms with Gasteiger partial charge in [-0.15, -0.1) is 0 Å². The fraction of sp³-hybridized carbons (Fsp3) is 0.316. The standard InChI is InChI=1S/C19H19FN4O2/c1-12-9-17(26-24-12)14-11-22-19(23-18(14)16-7-4-8-25-16)21-10-13-5-2-3-6-15(13)20/h2-3,5-6,9,11,16H,4,7-8,10H2,1H3,(H,21,22,23)/t16-/m1/s1. The Bertz CT molecular complexity index is 906. The highest BCUT2D eigenvalue weighted by Gasteiger charge is 2.25. The number of hydrogen-bond acceptors (Lipinski definition) is 6. The molecule has 1 fully saturated rings. The van der Waals surface area contributed by atoms with Crippen molar-refractivity contribution in [3.63, 3.8) is 0 Å². The van der Waals surface area contributed by atoms with Gasteiger partial charge in [0.15, 0.2) is 5.76 Å². The van der Waals surface area contributed by atoms with Gasteiger partial charge in [0.1, 0.15) is 11.9 Å². The van der Waals surface area contributed by atoms with E-state index in [1.807, 2.05) is 13.0 Å². The van der Waals surface area contributed by atoms with Crippen LogP contribution < -0.4 is 5.32 Å². The van der Waals surface area contributed by atoms with Crippen LogP contribution in [0.5, 0.6) is 0 Å². The number of anilines is 1. The minimum absolute atomic E-state index is 0.104. The molecule has 0 radical (unpaired) electrons. The Kier molecular flexibility index (Phi) is 4.62. The highest BCUT2D eigenvalue weighted by molar-refractivity contribution is 5.61.